The van der Waals surface area contributed by atoms with Gasteiger partial charge in [0.1, 0.15) is 0 Å². The number of carbonyl (C=O) groups excluding carboxylic acids is 1. The molecule has 0 bridgehead atoms. The fourth-order valence-electron chi connectivity index (χ4n) is 1.02. The molecule has 0 saturated carbocycles. The standard InChI is InChI=1S/C8H6F3NO/c1-3-2-4(9)6(10)7(11)5(3)8(12)13/h2H,1H3,(H2,12,13). The first-order valence-electron chi connectivity index (χ1n) is 3.39. The van der Waals surface area contributed by atoms with E-state index < -0.39 is 28.9 Å². The predicted molar refractivity (Wildman–Crippen MR) is 39.6 cm³/mol. The van der Waals surface area contributed by atoms with Crippen LogP contribution in [-0.4, -0.2) is 5.91 Å². The number of halogens is 3. The number of nitrogens with two attached hydrogens (primary N) is 1. The molecule has 13 heavy (non-hydrogen) atoms. The maximum Gasteiger partial charge on any atom is 0.252 e. The van der Waals surface area contributed by atoms with Gasteiger partial charge in [-0.25, -0.2) is 13.2 Å². The van der Waals surface area contributed by atoms with E-state index in [2.05, 4.69) is 0 Å². The van der Waals surface area contributed by atoms with Gasteiger partial charge in [-0.2, -0.15) is 0 Å². The number of carbonyl (C=O) groups is 1. The van der Waals surface area contributed by atoms with Crippen LogP contribution in [0.1, 0.15) is 15.9 Å². The molecule has 0 aliphatic rings. The van der Waals surface area contributed by atoms with Crippen molar-refractivity contribution in [2.45, 2.75) is 6.92 Å². The summed E-state index contributed by atoms with van der Waals surface area (Å²) in [6.45, 7) is 1.27. The summed E-state index contributed by atoms with van der Waals surface area (Å²) >= 11 is 0. The van der Waals surface area contributed by atoms with Crippen molar-refractivity contribution in [1.29, 1.82) is 0 Å². The Bertz CT molecular complexity index is 376. The molecule has 0 heterocycles. The molecule has 0 unspecified atom stereocenters. The lowest BCUT2D eigenvalue weighted by molar-refractivity contribution is 0.0994. The second-order valence-corrected chi connectivity index (χ2v) is 2.54. The topological polar surface area (TPSA) is 43.1 Å². The molecule has 0 aliphatic carbocycles. The van der Waals surface area contributed by atoms with Crippen molar-refractivity contribution in [3.05, 3.63) is 34.6 Å². The van der Waals surface area contributed by atoms with Gasteiger partial charge in [0, 0.05) is 0 Å². The van der Waals surface area contributed by atoms with Crippen LogP contribution in [0.15, 0.2) is 6.07 Å². The Balaban J connectivity index is 3.53. The van der Waals surface area contributed by atoms with Gasteiger partial charge in [0.25, 0.3) is 5.91 Å². The van der Waals surface area contributed by atoms with E-state index in [1.165, 1.54) is 6.92 Å². The highest BCUT2D eigenvalue weighted by molar-refractivity contribution is 5.94. The number of hydrogen-bond acceptors (Lipinski definition) is 1. The third kappa shape index (κ3) is 1.49. The Kier molecular flexibility index (Phi) is 2.27. The van der Waals surface area contributed by atoms with Gasteiger partial charge in [-0.3, -0.25) is 4.79 Å². The second-order valence-electron chi connectivity index (χ2n) is 2.54. The van der Waals surface area contributed by atoms with E-state index in [1.807, 2.05) is 0 Å². The third-order valence-electron chi connectivity index (χ3n) is 1.61. The zero-order valence-corrected chi connectivity index (χ0v) is 6.70. The summed E-state index contributed by atoms with van der Waals surface area (Å²) in [5.74, 6) is -5.67. The zero-order valence-electron chi connectivity index (χ0n) is 6.70. The molecule has 70 valence electrons. The first-order chi connectivity index (χ1) is 5.95. The molecule has 0 aromatic heterocycles. The minimum atomic E-state index is -1.68. The molecule has 0 radical (unpaired) electrons. The second kappa shape index (κ2) is 3.08. The molecular formula is C8H6F3NO. The zero-order chi connectivity index (χ0) is 10.2. The Hall–Kier alpha value is -1.52. The minimum Gasteiger partial charge on any atom is -0.365 e. The number of aryl methyl sites for hydroxylation is 1. The highest BCUT2D eigenvalue weighted by Gasteiger charge is 2.19. The highest BCUT2D eigenvalue weighted by atomic mass is 19.2. The van der Waals surface area contributed by atoms with Crippen molar-refractivity contribution in [3.63, 3.8) is 0 Å². The van der Waals surface area contributed by atoms with Gasteiger partial charge in [0.05, 0.1) is 5.56 Å². The van der Waals surface area contributed by atoms with Crippen LogP contribution in [0.3, 0.4) is 0 Å². The first-order valence-corrected chi connectivity index (χ1v) is 3.39. The lowest BCUT2D eigenvalue weighted by Crippen LogP contribution is -2.16. The summed E-state index contributed by atoms with van der Waals surface area (Å²) in [6, 6.07) is 0.721. The molecule has 1 aromatic carbocycles. The van der Waals surface area contributed by atoms with Crippen LogP contribution in [0.2, 0.25) is 0 Å². The molecule has 1 amide bonds. The number of rotatable bonds is 1. The van der Waals surface area contributed by atoms with Crippen molar-refractivity contribution < 1.29 is 18.0 Å². The lowest BCUT2D eigenvalue weighted by Gasteiger charge is -2.04. The van der Waals surface area contributed by atoms with Crippen molar-refractivity contribution in [2.24, 2.45) is 5.73 Å². The molecule has 1 rings (SSSR count). The molecule has 0 atom stereocenters. The lowest BCUT2D eigenvalue weighted by atomic mass is 10.1. The van der Waals surface area contributed by atoms with E-state index in [0.717, 1.165) is 6.07 Å². The summed E-state index contributed by atoms with van der Waals surface area (Å²) in [4.78, 5) is 10.6. The van der Waals surface area contributed by atoms with Crippen LogP contribution in [0.5, 0.6) is 0 Å². The molecule has 5 heteroatoms. The van der Waals surface area contributed by atoms with Gasteiger partial charge in [-0.1, -0.05) is 0 Å². The van der Waals surface area contributed by atoms with E-state index >= 15 is 0 Å². The van der Waals surface area contributed by atoms with E-state index in [-0.39, 0.29) is 5.56 Å². The average Bonchev–Trinajstić information content (AvgIpc) is 1.99. The molecule has 0 saturated heterocycles. The van der Waals surface area contributed by atoms with Gasteiger partial charge < -0.3 is 5.73 Å². The molecule has 1 aromatic rings. The molecule has 2 nitrogen and oxygen atoms in total. The first kappa shape index (κ1) is 9.57. The number of hydrogen-bond donors (Lipinski definition) is 1. The van der Waals surface area contributed by atoms with Gasteiger partial charge in [0.15, 0.2) is 17.5 Å². The summed E-state index contributed by atoms with van der Waals surface area (Å²) in [5, 5.41) is 0. The Labute approximate surface area is 72.2 Å². The van der Waals surface area contributed by atoms with Gasteiger partial charge >= 0.3 is 0 Å². The van der Waals surface area contributed by atoms with Crippen LogP contribution in [0.25, 0.3) is 0 Å². The van der Waals surface area contributed by atoms with E-state index in [1.54, 1.807) is 0 Å². The normalized spacial score (nSPS) is 10.2. The largest absolute Gasteiger partial charge is 0.365 e. The van der Waals surface area contributed by atoms with Crippen LogP contribution < -0.4 is 5.73 Å². The Morgan fingerprint density at radius 3 is 2.31 bits per heavy atom. The number of primary amides is 1. The molecule has 2 N–H and O–H groups in total. The van der Waals surface area contributed by atoms with Crippen LogP contribution in [0, 0.1) is 24.4 Å². The van der Waals surface area contributed by atoms with Crippen LogP contribution >= 0.6 is 0 Å². The minimum absolute atomic E-state index is 0.0242. The summed E-state index contributed by atoms with van der Waals surface area (Å²) in [6.07, 6.45) is 0. The third-order valence-corrected chi connectivity index (χ3v) is 1.61. The molecular weight excluding hydrogens is 183 g/mol. The van der Waals surface area contributed by atoms with Crippen molar-refractivity contribution in [2.75, 3.05) is 0 Å². The number of benzene rings is 1. The number of amides is 1. The van der Waals surface area contributed by atoms with E-state index in [9.17, 15) is 18.0 Å². The van der Waals surface area contributed by atoms with Crippen LogP contribution in [-0.2, 0) is 0 Å². The summed E-state index contributed by atoms with van der Waals surface area (Å²) < 4.78 is 37.9. The molecule has 0 spiro atoms. The maximum absolute atomic E-state index is 12.9. The SMILES string of the molecule is Cc1cc(F)c(F)c(F)c1C(N)=O. The summed E-state index contributed by atoms with van der Waals surface area (Å²) in [5.41, 5.74) is 4.13. The van der Waals surface area contributed by atoms with Gasteiger partial charge in [0.2, 0.25) is 0 Å². The maximum atomic E-state index is 12.9. The van der Waals surface area contributed by atoms with E-state index in [0.29, 0.717) is 0 Å². The average molecular weight is 189 g/mol. The van der Waals surface area contributed by atoms with Crippen molar-refractivity contribution in [1.82, 2.24) is 0 Å². The Morgan fingerprint density at radius 1 is 1.31 bits per heavy atom. The van der Waals surface area contributed by atoms with Gasteiger partial charge in [-0.05, 0) is 18.6 Å². The quantitative estimate of drug-likeness (QED) is 0.668. The van der Waals surface area contributed by atoms with Gasteiger partial charge in [-0.15, -0.1) is 0 Å². The van der Waals surface area contributed by atoms with E-state index in [4.69, 9.17) is 5.73 Å². The Morgan fingerprint density at radius 2 is 1.85 bits per heavy atom. The molecule has 0 aliphatic heterocycles. The van der Waals surface area contributed by atoms with Crippen molar-refractivity contribution >= 4 is 5.91 Å². The molecule has 0 fully saturated rings. The smallest absolute Gasteiger partial charge is 0.252 e. The monoisotopic (exact) mass is 189 g/mol. The van der Waals surface area contributed by atoms with Crippen molar-refractivity contribution in [3.8, 4) is 0 Å². The fraction of sp³-hybridized carbons (Fsp3) is 0.125. The highest BCUT2D eigenvalue weighted by Crippen LogP contribution is 2.18. The van der Waals surface area contributed by atoms with Crippen LogP contribution in [0.4, 0.5) is 13.2 Å². The fourth-order valence-corrected chi connectivity index (χ4v) is 1.02. The summed E-state index contributed by atoms with van der Waals surface area (Å²) in [7, 11) is 0. The predicted octanol–water partition coefficient (Wildman–Crippen LogP) is 1.51.